The predicted molar refractivity (Wildman–Crippen MR) is 98.3 cm³/mol. The zero-order valence-corrected chi connectivity index (χ0v) is 14.6. The normalized spacial score (nSPS) is 17.6. The van der Waals surface area contributed by atoms with Crippen LogP contribution in [0.2, 0.25) is 0 Å². The molecule has 0 unspecified atom stereocenters. The largest absolute Gasteiger partial charge is 0.355 e. The highest BCUT2D eigenvalue weighted by Crippen LogP contribution is 2.31. The summed E-state index contributed by atoms with van der Waals surface area (Å²) in [6, 6.07) is 15.9. The van der Waals surface area contributed by atoms with Gasteiger partial charge in [0.05, 0.1) is 5.39 Å². The maximum Gasteiger partial charge on any atom is 0.254 e. The summed E-state index contributed by atoms with van der Waals surface area (Å²) >= 11 is 0. The summed E-state index contributed by atoms with van der Waals surface area (Å²) in [7, 11) is 0. The van der Waals surface area contributed by atoms with Gasteiger partial charge in [0.2, 0.25) is 0 Å². The molecule has 1 fully saturated rings. The number of benzene rings is 2. The standard InChI is InChI=1S/C21H22N2O2/c1-14(2)19-9-6-12-23(19)21(24)16-10-11-18-17(13-16)20(25-22-18)15-7-4-3-5-8-15/h3-5,7-8,10-11,13-14,19H,6,9,12H2,1-2H3/t19-/m1/s1. The van der Waals surface area contributed by atoms with E-state index >= 15 is 0 Å². The molecule has 1 saturated heterocycles. The molecule has 0 radical (unpaired) electrons. The van der Waals surface area contributed by atoms with Crippen LogP contribution in [0.3, 0.4) is 0 Å². The van der Waals surface area contributed by atoms with Gasteiger partial charge in [-0.2, -0.15) is 0 Å². The fourth-order valence-corrected chi connectivity index (χ4v) is 3.78. The Kier molecular flexibility index (Phi) is 4.04. The summed E-state index contributed by atoms with van der Waals surface area (Å²) in [6.45, 7) is 5.22. The van der Waals surface area contributed by atoms with Crippen LogP contribution < -0.4 is 0 Å². The van der Waals surface area contributed by atoms with Crippen molar-refractivity contribution in [1.29, 1.82) is 0 Å². The molecule has 2 heterocycles. The topological polar surface area (TPSA) is 46.3 Å². The molecule has 4 nitrogen and oxygen atoms in total. The summed E-state index contributed by atoms with van der Waals surface area (Å²) < 4.78 is 5.55. The first-order valence-corrected chi connectivity index (χ1v) is 8.91. The molecule has 1 amide bonds. The summed E-state index contributed by atoms with van der Waals surface area (Å²) in [5.74, 6) is 1.30. The minimum atomic E-state index is 0.110. The number of carbonyl (C=O) groups excluding carboxylic acids is 1. The average Bonchev–Trinajstić information content (AvgIpc) is 3.28. The van der Waals surface area contributed by atoms with Gasteiger partial charge in [0.15, 0.2) is 5.76 Å². The van der Waals surface area contributed by atoms with Gasteiger partial charge >= 0.3 is 0 Å². The van der Waals surface area contributed by atoms with E-state index in [9.17, 15) is 4.79 Å². The van der Waals surface area contributed by atoms with Crippen LogP contribution in [0.4, 0.5) is 0 Å². The van der Waals surface area contributed by atoms with Crippen LogP contribution in [-0.2, 0) is 0 Å². The Bertz CT molecular complexity index is 899. The van der Waals surface area contributed by atoms with Crippen molar-refractivity contribution in [1.82, 2.24) is 10.1 Å². The Morgan fingerprint density at radius 1 is 1.20 bits per heavy atom. The first-order chi connectivity index (χ1) is 12.1. The van der Waals surface area contributed by atoms with Crippen molar-refractivity contribution in [2.75, 3.05) is 6.54 Å². The molecule has 128 valence electrons. The third kappa shape index (κ3) is 2.82. The zero-order valence-electron chi connectivity index (χ0n) is 14.6. The van der Waals surface area contributed by atoms with Gasteiger partial charge in [0, 0.05) is 23.7 Å². The number of likely N-dealkylation sites (tertiary alicyclic amines) is 1. The fourth-order valence-electron chi connectivity index (χ4n) is 3.78. The Hall–Kier alpha value is -2.62. The van der Waals surface area contributed by atoms with Crippen molar-refractivity contribution in [2.45, 2.75) is 32.7 Å². The van der Waals surface area contributed by atoms with Crippen molar-refractivity contribution < 1.29 is 9.32 Å². The third-order valence-electron chi connectivity index (χ3n) is 5.09. The number of hydrogen-bond donors (Lipinski definition) is 0. The highest BCUT2D eigenvalue weighted by molar-refractivity contribution is 6.01. The number of amides is 1. The lowest BCUT2D eigenvalue weighted by Crippen LogP contribution is -2.38. The number of nitrogens with zero attached hydrogens (tertiary/aromatic N) is 2. The van der Waals surface area contributed by atoms with E-state index < -0.39 is 0 Å². The summed E-state index contributed by atoms with van der Waals surface area (Å²) in [6.07, 6.45) is 2.17. The van der Waals surface area contributed by atoms with Gasteiger partial charge in [0.1, 0.15) is 5.52 Å². The SMILES string of the molecule is CC(C)[C@H]1CCCN1C(=O)c1ccc2noc(-c3ccccc3)c2c1. The lowest BCUT2D eigenvalue weighted by atomic mass is 10.0. The molecule has 4 rings (SSSR count). The van der Waals surface area contributed by atoms with E-state index in [2.05, 4.69) is 19.0 Å². The number of aromatic nitrogens is 1. The predicted octanol–water partition coefficient (Wildman–Crippen LogP) is 4.76. The van der Waals surface area contributed by atoms with Crippen molar-refractivity contribution in [3.05, 3.63) is 54.1 Å². The number of hydrogen-bond acceptors (Lipinski definition) is 3. The van der Waals surface area contributed by atoms with Crippen molar-refractivity contribution in [3.8, 4) is 11.3 Å². The molecule has 3 aromatic rings. The Labute approximate surface area is 147 Å². The Morgan fingerprint density at radius 3 is 2.76 bits per heavy atom. The van der Waals surface area contributed by atoms with Crippen LogP contribution >= 0.6 is 0 Å². The lowest BCUT2D eigenvalue weighted by Gasteiger charge is -2.27. The van der Waals surface area contributed by atoms with E-state index in [1.54, 1.807) is 0 Å². The zero-order chi connectivity index (χ0) is 17.4. The molecular formula is C21H22N2O2. The van der Waals surface area contributed by atoms with Crippen LogP contribution in [0, 0.1) is 5.92 Å². The quantitative estimate of drug-likeness (QED) is 0.694. The van der Waals surface area contributed by atoms with E-state index in [0.717, 1.165) is 35.9 Å². The van der Waals surface area contributed by atoms with Gasteiger partial charge in [-0.3, -0.25) is 4.79 Å². The molecule has 1 atom stereocenters. The van der Waals surface area contributed by atoms with Crippen LogP contribution in [0.5, 0.6) is 0 Å². The smallest absolute Gasteiger partial charge is 0.254 e. The Balaban J connectivity index is 1.73. The summed E-state index contributed by atoms with van der Waals surface area (Å²) in [5, 5.41) is 5.02. The van der Waals surface area contributed by atoms with E-state index in [0.29, 0.717) is 23.3 Å². The van der Waals surface area contributed by atoms with E-state index in [-0.39, 0.29) is 5.91 Å². The van der Waals surface area contributed by atoms with Gasteiger partial charge in [-0.05, 0) is 37.0 Å². The molecule has 0 N–H and O–H groups in total. The summed E-state index contributed by atoms with van der Waals surface area (Å²) in [4.78, 5) is 15.1. The number of fused-ring (bicyclic) bond motifs is 1. The van der Waals surface area contributed by atoms with Crippen LogP contribution in [0.15, 0.2) is 53.1 Å². The Morgan fingerprint density at radius 2 is 2.00 bits per heavy atom. The fraction of sp³-hybridized carbons (Fsp3) is 0.333. The van der Waals surface area contributed by atoms with Gasteiger partial charge in [-0.15, -0.1) is 0 Å². The molecule has 1 aliphatic rings. The van der Waals surface area contributed by atoms with E-state index in [4.69, 9.17) is 4.52 Å². The molecule has 4 heteroatoms. The van der Waals surface area contributed by atoms with E-state index in [1.807, 2.05) is 53.4 Å². The van der Waals surface area contributed by atoms with Crippen molar-refractivity contribution >= 4 is 16.8 Å². The molecule has 0 saturated carbocycles. The second kappa shape index (κ2) is 6.36. The molecule has 1 aliphatic heterocycles. The first kappa shape index (κ1) is 15.9. The van der Waals surface area contributed by atoms with Crippen molar-refractivity contribution in [3.63, 3.8) is 0 Å². The molecule has 0 bridgehead atoms. The average molecular weight is 334 g/mol. The molecule has 0 aliphatic carbocycles. The monoisotopic (exact) mass is 334 g/mol. The minimum Gasteiger partial charge on any atom is -0.355 e. The van der Waals surface area contributed by atoms with Gasteiger partial charge in [-0.25, -0.2) is 0 Å². The second-order valence-electron chi connectivity index (χ2n) is 7.06. The van der Waals surface area contributed by atoms with Gasteiger partial charge in [0.25, 0.3) is 5.91 Å². The number of rotatable bonds is 3. The summed E-state index contributed by atoms with van der Waals surface area (Å²) in [5.41, 5.74) is 2.45. The highest BCUT2D eigenvalue weighted by Gasteiger charge is 2.31. The third-order valence-corrected chi connectivity index (χ3v) is 5.09. The molecule has 2 aromatic carbocycles. The molecule has 25 heavy (non-hydrogen) atoms. The van der Waals surface area contributed by atoms with Crippen LogP contribution in [-0.4, -0.2) is 28.6 Å². The van der Waals surface area contributed by atoms with Gasteiger partial charge < -0.3 is 9.42 Å². The highest BCUT2D eigenvalue weighted by atomic mass is 16.5. The molecule has 0 spiro atoms. The number of carbonyl (C=O) groups is 1. The minimum absolute atomic E-state index is 0.110. The van der Waals surface area contributed by atoms with Crippen LogP contribution in [0.1, 0.15) is 37.0 Å². The lowest BCUT2D eigenvalue weighted by molar-refractivity contribution is 0.0702. The van der Waals surface area contributed by atoms with Crippen molar-refractivity contribution in [2.24, 2.45) is 5.92 Å². The van der Waals surface area contributed by atoms with Crippen LogP contribution in [0.25, 0.3) is 22.2 Å². The molecular weight excluding hydrogens is 312 g/mol. The first-order valence-electron chi connectivity index (χ1n) is 8.91. The maximum absolute atomic E-state index is 13.1. The molecule has 1 aromatic heterocycles. The van der Waals surface area contributed by atoms with Gasteiger partial charge in [-0.1, -0.05) is 49.3 Å². The van der Waals surface area contributed by atoms with E-state index in [1.165, 1.54) is 0 Å². The maximum atomic E-state index is 13.1. The second-order valence-corrected chi connectivity index (χ2v) is 7.06.